The maximum absolute atomic E-state index is 4.16. The van der Waals surface area contributed by atoms with Crippen LogP contribution in [0.25, 0.3) is 0 Å². The number of hydrogen-bond acceptors (Lipinski definition) is 2. The Morgan fingerprint density at radius 1 is 1.69 bits per heavy atom. The molecule has 0 saturated carbocycles. The SMILES string of the molecule is Cn1nccc1CCC1CCCN1. The van der Waals surface area contributed by atoms with Crippen molar-refractivity contribution >= 4 is 0 Å². The Labute approximate surface area is 79.1 Å². The topological polar surface area (TPSA) is 29.9 Å². The molecule has 13 heavy (non-hydrogen) atoms. The molecule has 72 valence electrons. The van der Waals surface area contributed by atoms with Gasteiger partial charge in [0.25, 0.3) is 0 Å². The van der Waals surface area contributed by atoms with E-state index in [0.29, 0.717) is 0 Å². The first-order chi connectivity index (χ1) is 6.36. The van der Waals surface area contributed by atoms with Crippen molar-refractivity contribution < 1.29 is 0 Å². The van der Waals surface area contributed by atoms with Gasteiger partial charge in [0.1, 0.15) is 0 Å². The number of rotatable bonds is 3. The summed E-state index contributed by atoms with van der Waals surface area (Å²) in [5.74, 6) is 0. The Kier molecular flexibility index (Phi) is 2.64. The lowest BCUT2D eigenvalue weighted by Gasteiger charge is -2.09. The van der Waals surface area contributed by atoms with E-state index in [4.69, 9.17) is 0 Å². The van der Waals surface area contributed by atoms with E-state index in [2.05, 4.69) is 16.5 Å². The van der Waals surface area contributed by atoms with E-state index in [9.17, 15) is 0 Å². The van der Waals surface area contributed by atoms with Crippen LogP contribution in [0.2, 0.25) is 0 Å². The minimum atomic E-state index is 0.745. The molecule has 3 heteroatoms. The highest BCUT2D eigenvalue weighted by Crippen LogP contribution is 2.11. The van der Waals surface area contributed by atoms with Gasteiger partial charge in [0, 0.05) is 25.0 Å². The third-order valence-corrected chi connectivity index (χ3v) is 2.83. The zero-order valence-electron chi connectivity index (χ0n) is 8.16. The number of hydrogen-bond donors (Lipinski definition) is 1. The molecule has 0 amide bonds. The van der Waals surface area contributed by atoms with Gasteiger partial charge in [0.05, 0.1) is 0 Å². The molecule has 1 N–H and O–H groups in total. The standard InChI is InChI=1S/C10H17N3/c1-13-10(6-8-12-13)5-4-9-3-2-7-11-9/h6,8-9,11H,2-5,7H2,1H3. The Morgan fingerprint density at radius 2 is 2.62 bits per heavy atom. The van der Waals surface area contributed by atoms with Crippen molar-refractivity contribution in [2.75, 3.05) is 6.54 Å². The number of nitrogens with zero attached hydrogens (tertiary/aromatic N) is 2. The van der Waals surface area contributed by atoms with Crippen LogP contribution in [-0.4, -0.2) is 22.4 Å². The molecule has 1 aliphatic rings. The smallest absolute Gasteiger partial charge is 0.0492 e. The van der Waals surface area contributed by atoms with E-state index < -0.39 is 0 Å². The van der Waals surface area contributed by atoms with Crippen LogP contribution in [0.4, 0.5) is 0 Å². The summed E-state index contributed by atoms with van der Waals surface area (Å²) in [5, 5.41) is 7.67. The van der Waals surface area contributed by atoms with Crippen LogP contribution in [-0.2, 0) is 13.5 Å². The van der Waals surface area contributed by atoms with Gasteiger partial charge >= 0.3 is 0 Å². The summed E-state index contributed by atoms with van der Waals surface area (Å²) in [7, 11) is 2.01. The van der Waals surface area contributed by atoms with E-state index in [1.807, 2.05) is 17.9 Å². The molecule has 0 radical (unpaired) electrons. The zero-order chi connectivity index (χ0) is 9.10. The van der Waals surface area contributed by atoms with E-state index in [-0.39, 0.29) is 0 Å². The molecule has 1 saturated heterocycles. The van der Waals surface area contributed by atoms with Crippen LogP contribution in [0.3, 0.4) is 0 Å². The number of aromatic nitrogens is 2. The molecule has 1 fully saturated rings. The lowest BCUT2D eigenvalue weighted by molar-refractivity contribution is 0.544. The summed E-state index contributed by atoms with van der Waals surface area (Å²) < 4.78 is 1.97. The lowest BCUT2D eigenvalue weighted by atomic mass is 10.1. The maximum atomic E-state index is 4.16. The predicted molar refractivity (Wildman–Crippen MR) is 52.6 cm³/mol. The summed E-state index contributed by atoms with van der Waals surface area (Å²) in [6, 6.07) is 2.85. The van der Waals surface area contributed by atoms with Gasteiger partial charge in [-0.15, -0.1) is 0 Å². The first kappa shape index (κ1) is 8.75. The van der Waals surface area contributed by atoms with Crippen LogP contribution in [0, 0.1) is 0 Å². The number of aryl methyl sites for hydroxylation is 2. The van der Waals surface area contributed by atoms with Crippen LogP contribution < -0.4 is 5.32 Å². The van der Waals surface area contributed by atoms with Gasteiger partial charge in [0.2, 0.25) is 0 Å². The highest BCUT2D eigenvalue weighted by molar-refractivity contribution is 5.00. The van der Waals surface area contributed by atoms with Gasteiger partial charge in [-0.1, -0.05) is 0 Å². The fraction of sp³-hybridized carbons (Fsp3) is 0.700. The third kappa shape index (κ3) is 2.10. The van der Waals surface area contributed by atoms with Gasteiger partial charge in [-0.25, -0.2) is 0 Å². The molecule has 1 aromatic heterocycles. The molecular weight excluding hydrogens is 162 g/mol. The van der Waals surface area contributed by atoms with E-state index in [1.165, 1.54) is 31.5 Å². The molecule has 1 unspecified atom stereocenters. The third-order valence-electron chi connectivity index (χ3n) is 2.83. The molecule has 2 heterocycles. The summed E-state index contributed by atoms with van der Waals surface area (Å²) in [5.41, 5.74) is 1.34. The molecule has 2 rings (SSSR count). The van der Waals surface area contributed by atoms with Gasteiger partial charge in [-0.05, 0) is 38.3 Å². The van der Waals surface area contributed by atoms with E-state index in [1.54, 1.807) is 0 Å². The Hall–Kier alpha value is -0.830. The van der Waals surface area contributed by atoms with Crippen molar-refractivity contribution in [3.05, 3.63) is 18.0 Å². The predicted octanol–water partition coefficient (Wildman–Crippen LogP) is 1.10. The summed E-state index contributed by atoms with van der Waals surface area (Å²) in [6.45, 7) is 1.20. The fourth-order valence-corrected chi connectivity index (χ4v) is 1.97. The van der Waals surface area contributed by atoms with Crippen LogP contribution in [0.5, 0.6) is 0 Å². The van der Waals surface area contributed by atoms with Crippen molar-refractivity contribution in [3.63, 3.8) is 0 Å². The molecule has 1 atom stereocenters. The molecule has 1 aromatic rings. The summed E-state index contributed by atoms with van der Waals surface area (Å²) >= 11 is 0. The summed E-state index contributed by atoms with van der Waals surface area (Å²) in [4.78, 5) is 0. The molecule has 0 spiro atoms. The van der Waals surface area contributed by atoms with Crippen molar-refractivity contribution in [2.45, 2.75) is 31.7 Å². The van der Waals surface area contributed by atoms with Crippen molar-refractivity contribution in [3.8, 4) is 0 Å². The van der Waals surface area contributed by atoms with Crippen molar-refractivity contribution in [2.24, 2.45) is 7.05 Å². The van der Waals surface area contributed by atoms with Crippen molar-refractivity contribution in [1.82, 2.24) is 15.1 Å². The maximum Gasteiger partial charge on any atom is 0.0492 e. The first-order valence-electron chi connectivity index (χ1n) is 5.06. The lowest BCUT2D eigenvalue weighted by Crippen LogP contribution is -2.22. The van der Waals surface area contributed by atoms with Crippen LogP contribution in [0.15, 0.2) is 12.3 Å². The number of nitrogens with one attached hydrogen (secondary N) is 1. The minimum Gasteiger partial charge on any atom is -0.314 e. The Bertz CT molecular complexity index is 261. The fourth-order valence-electron chi connectivity index (χ4n) is 1.97. The van der Waals surface area contributed by atoms with Crippen LogP contribution >= 0.6 is 0 Å². The van der Waals surface area contributed by atoms with Crippen molar-refractivity contribution in [1.29, 1.82) is 0 Å². The monoisotopic (exact) mass is 179 g/mol. The first-order valence-corrected chi connectivity index (χ1v) is 5.06. The Morgan fingerprint density at radius 3 is 3.23 bits per heavy atom. The minimum absolute atomic E-state index is 0.745. The largest absolute Gasteiger partial charge is 0.314 e. The average Bonchev–Trinajstić information content (AvgIpc) is 2.72. The quantitative estimate of drug-likeness (QED) is 0.753. The molecule has 0 aliphatic carbocycles. The summed E-state index contributed by atoms with van der Waals surface area (Å²) in [6.07, 6.45) is 6.96. The molecule has 0 aromatic carbocycles. The average molecular weight is 179 g/mol. The van der Waals surface area contributed by atoms with Crippen LogP contribution in [0.1, 0.15) is 25.0 Å². The highest BCUT2D eigenvalue weighted by Gasteiger charge is 2.13. The molecule has 3 nitrogen and oxygen atoms in total. The van der Waals surface area contributed by atoms with Gasteiger partial charge < -0.3 is 5.32 Å². The second-order valence-corrected chi connectivity index (χ2v) is 3.78. The molecule has 1 aliphatic heterocycles. The van der Waals surface area contributed by atoms with E-state index in [0.717, 1.165) is 12.5 Å². The van der Waals surface area contributed by atoms with Gasteiger partial charge in [-0.2, -0.15) is 5.10 Å². The van der Waals surface area contributed by atoms with Gasteiger partial charge in [-0.3, -0.25) is 4.68 Å². The Balaban J connectivity index is 1.82. The van der Waals surface area contributed by atoms with E-state index >= 15 is 0 Å². The second kappa shape index (κ2) is 3.92. The highest BCUT2D eigenvalue weighted by atomic mass is 15.2. The normalized spacial score (nSPS) is 22.4. The molecule has 0 bridgehead atoms. The van der Waals surface area contributed by atoms with Gasteiger partial charge in [0.15, 0.2) is 0 Å². The zero-order valence-corrected chi connectivity index (χ0v) is 8.16. The second-order valence-electron chi connectivity index (χ2n) is 3.78. The molecular formula is C10H17N3.